The van der Waals surface area contributed by atoms with Crippen LogP contribution in [0.2, 0.25) is 0 Å². The maximum atomic E-state index is 14.5. The molecule has 4 aromatic rings. The lowest BCUT2D eigenvalue weighted by molar-refractivity contribution is -0.265. The van der Waals surface area contributed by atoms with Crippen LogP contribution in [0.3, 0.4) is 0 Å². The van der Waals surface area contributed by atoms with Gasteiger partial charge in [-0.3, -0.25) is 9.59 Å². The number of ether oxygens (including phenoxy) is 1. The van der Waals surface area contributed by atoms with E-state index in [-0.39, 0.29) is 34.7 Å². The number of alkyl halides is 3. The number of nitrogens with one attached hydrogen (secondary N) is 1. The standard InChI is InChI=1S/C27H24F4N4O4S/c1-3-39-24-17(12-22(32)36)11-21(35-23(24)15-4-7-18(28)8-5-15)26(38,27(29,30)31)13-33-25(37)16-6-9-19-20(10-16)40-14(2)34-19/h4-11,38H,3,12-13H2,1-2H3,(H2,32,36)(H,33,37)/t26-/m0/s1. The first-order chi connectivity index (χ1) is 18.8. The van der Waals surface area contributed by atoms with Crippen LogP contribution in [0.4, 0.5) is 17.6 Å². The summed E-state index contributed by atoms with van der Waals surface area (Å²) in [5.74, 6) is -2.38. The lowest BCUT2D eigenvalue weighted by atomic mass is 9.93. The van der Waals surface area contributed by atoms with Gasteiger partial charge in [-0.2, -0.15) is 13.2 Å². The predicted molar refractivity (Wildman–Crippen MR) is 140 cm³/mol. The average molecular weight is 577 g/mol. The van der Waals surface area contributed by atoms with Crippen LogP contribution in [-0.4, -0.2) is 46.2 Å². The van der Waals surface area contributed by atoms with Crippen LogP contribution in [0.1, 0.15) is 33.5 Å². The van der Waals surface area contributed by atoms with Crippen LogP contribution in [0.15, 0.2) is 48.5 Å². The van der Waals surface area contributed by atoms with Gasteiger partial charge in [-0.1, -0.05) is 0 Å². The van der Waals surface area contributed by atoms with Gasteiger partial charge in [0.05, 0.1) is 40.5 Å². The number of aliphatic hydroxyl groups is 1. The maximum Gasteiger partial charge on any atom is 0.424 e. The number of thiazole rings is 1. The monoisotopic (exact) mass is 576 g/mol. The van der Waals surface area contributed by atoms with E-state index in [1.165, 1.54) is 35.6 Å². The third-order valence-electron chi connectivity index (χ3n) is 5.98. The number of nitrogens with zero attached hydrogens (tertiary/aromatic N) is 2. The lowest BCUT2D eigenvalue weighted by Gasteiger charge is -2.31. The first-order valence-corrected chi connectivity index (χ1v) is 12.8. The molecule has 2 aromatic heterocycles. The molecule has 0 unspecified atom stereocenters. The molecule has 0 radical (unpaired) electrons. The smallest absolute Gasteiger partial charge is 0.424 e. The Kier molecular flexibility index (Phi) is 8.08. The molecule has 2 aromatic carbocycles. The fraction of sp³-hybridized carbons (Fsp3) is 0.259. The zero-order valence-electron chi connectivity index (χ0n) is 21.3. The van der Waals surface area contributed by atoms with Gasteiger partial charge in [0, 0.05) is 16.7 Å². The van der Waals surface area contributed by atoms with Crippen molar-refractivity contribution in [3.05, 3.63) is 76.2 Å². The normalized spacial score (nSPS) is 13.2. The minimum Gasteiger partial charge on any atom is -0.491 e. The van der Waals surface area contributed by atoms with Gasteiger partial charge in [0.25, 0.3) is 5.91 Å². The molecule has 0 aliphatic rings. The molecule has 40 heavy (non-hydrogen) atoms. The summed E-state index contributed by atoms with van der Waals surface area (Å²) in [5.41, 5.74) is 1.38. The van der Waals surface area contributed by atoms with Gasteiger partial charge in [0.1, 0.15) is 17.3 Å². The van der Waals surface area contributed by atoms with Crippen molar-refractivity contribution < 1.29 is 37.0 Å². The van der Waals surface area contributed by atoms with E-state index in [2.05, 4.69) is 15.3 Å². The van der Waals surface area contributed by atoms with E-state index in [1.807, 2.05) is 0 Å². The van der Waals surface area contributed by atoms with Gasteiger partial charge < -0.3 is 20.9 Å². The summed E-state index contributed by atoms with van der Waals surface area (Å²) in [4.78, 5) is 33.0. The molecule has 210 valence electrons. The van der Waals surface area contributed by atoms with Crippen LogP contribution >= 0.6 is 11.3 Å². The number of primary amides is 1. The summed E-state index contributed by atoms with van der Waals surface area (Å²) in [6.07, 6.45) is -5.85. The largest absolute Gasteiger partial charge is 0.491 e. The number of aryl methyl sites for hydroxylation is 1. The van der Waals surface area contributed by atoms with E-state index in [1.54, 1.807) is 19.9 Å². The summed E-state index contributed by atoms with van der Waals surface area (Å²) in [5, 5.41) is 14.0. The second-order valence-electron chi connectivity index (χ2n) is 8.88. The van der Waals surface area contributed by atoms with E-state index in [0.29, 0.717) is 10.2 Å². The zero-order chi connectivity index (χ0) is 29.2. The van der Waals surface area contributed by atoms with Crippen molar-refractivity contribution in [2.24, 2.45) is 5.73 Å². The Bertz CT molecular complexity index is 1570. The number of aromatic nitrogens is 2. The number of carbonyl (C=O) groups excluding carboxylic acids is 2. The van der Waals surface area contributed by atoms with Crippen LogP contribution in [0, 0.1) is 12.7 Å². The molecule has 0 aliphatic carbocycles. The van der Waals surface area contributed by atoms with Crippen molar-refractivity contribution in [3.8, 4) is 17.0 Å². The van der Waals surface area contributed by atoms with Gasteiger partial charge in [-0.05, 0) is 62.4 Å². The van der Waals surface area contributed by atoms with Crippen molar-refractivity contribution >= 4 is 33.4 Å². The Labute approximate surface area is 229 Å². The number of halogens is 4. The molecule has 0 spiro atoms. The van der Waals surface area contributed by atoms with Crippen molar-refractivity contribution in [2.75, 3.05) is 13.2 Å². The molecule has 4 N–H and O–H groups in total. The minimum atomic E-state index is -5.32. The number of carbonyl (C=O) groups is 2. The van der Waals surface area contributed by atoms with Gasteiger partial charge in [-0.25, -0.2) is 14.4 Å². The molecule has 1 atom stereocenters. The van der Waals surface area contributed by atoms with Crippen LogP contribution in [-0.2, 0) is 16.8 Å². The predicted octanol–water partition coefficient (Wildman–Crippen LogP) is 4.41. The van der Waals surface area contributed by atoms with Crippen LogP contribution < -0.4 is 15.8 Å². The van der Waals surface area contributed by atoms with Crippen molar-refractivity contribution in [2.45, 2.75) is 32.0 Å². The number of fused-ring (bicyclic) bond motifs is 1. The van der Waals surface area contributed by atoms with Gasteiger partial charge in [0.2, 0.25) is 11.5 Å². The quantitative estimate of drug-likeness (QED) is 0.253. The Hall–Kier alpha value is -4.10. The number of nitrogens with two attached hydrogens (primary N) is 1. The second-order valence-corrected chi connectivity index (χ2v) is 10.1. The van der Waals surface area contributed by atoms with Crippen molar-refractivity contribution in [3.63, 3.8) is 0 Å². The molecule has 13 heteroatoms. The van der Waals surface area contributed by atoms with E-state index in [4.69, 9.17) is 10.5 Å². The SMILES string of the molecule is CCOc1c(CC(N)=O)cc([C@@](O)(CNC(=O)c2ccc3nc(C)sc3c2)C(F)(F)F)nc1-c1ccc(F)cc1. The minimum absolute atomic E-state index is 0.0432. The second kappa shape index (κ2) is 11.2. The molecular formula is C27H24F4N4O4S. The number of amides is 2. The maximum absolute atomic E-state index is 14.5. The first-order valence-electron chi connectivity index (χ1n) is 12.0. The zero-order valence-corrected chi connectivity index (χ0v) is 22.1. The molecule has 2 heterocycles. The van der Waals surface area contributed by atoms with Crippen molar-refractivity contribution in [1.82, 2.24) is 15.3 Å². The van der Waals surface area contributed by atoms with Crippen LogP contribution in [0.25, 0.3) is 21.5 Å². The highest BCUT2D eigenvalue weighted by atomic mass is 32.1. The molecule has 2 amide bonds. The van der Waals surface area contributed by atoms with Gasteiger partial charge in [-0.15, -0.1) is 11.3 Å². The lowest BCUT2D eigenvalue weighted by Crippen LogP contribution is -2.51. The highest BCUT2D eigenvalue weighted by Crippen LogP contribution is 2.42. The van der Waals surface area contributed by atoms with Gasteiger partial charge >= 0.3 is 6.18 Å². The van der Waals surface area contributed by atoms with Crippen LogP contribution in [0.5, 0.6) is 5.75 Å². The highest BCUT2D eigenvalue weighted by Gasteiger charge is 2.56. The summed E-state index contributed by atoms with van der Waals surface area (Å²) < 4.78 is 63.2. The Morgan fingerprint density at radius 1 is 1.10 bits per heavy atom. The fourth-order valence-corrected chi connectivity index (χ4v) is 4.92. The molecule has 0 saturated heterocycles. The summed E-state index contributed by atoms with van der Waals surface area (Å²) in [6, 6.07) is 10.0. The molecule has 0 aliphatic heterocycles. The first kappa shape index (κ1) is 28.9. The molecule has 4 rings (SSSR count). The number of hydrogen-bond donors (Lipinski definition) is 3. The topological polar surface area (TPSA) is 127 Å². The summed E-state index contributed by atoms with van der Waals surface area (Å²) in [6.45, 7) is 2.16. The Balaban J connectivity index is 1.79. The number of hydrogen-bond acceptors (Lipinski definition) is 7. The average Bonchev–Trinajstić information content (AvgIpc) is 3.26. The molecular weight excluding hydrogens is 552 g/mol. The number of pyridine rings is 1. The Morgan fingerprint density at radius 3 is 2.42 bits per heavy atom. The summed E-state index contributed by atoms with van der Waals surface area (Å²) in [7, 11) is 0. The number of rotatable bonds is 9. The molecule has 0 fully saturated rings. The third kappa shape index (κ3) is 5.89. The highest BCUT2D eigenvalue weighted by molar-refractivity contribution is 7.18. The van der Waals surface area contributed by atoms with E-state index in [0.717, 1.165) is 23.2 Å². The molecule has 0 saturated carbocycles. The third-order valence-corrected chi connectivity index (χ3v) is 6.91. The number of benzene rings is 2. The van der Waals surface area contributed by atoms with E-state index < -0.39 is 48.1 Å². The molecule has 0 bridgehead atoms. The Morgan fingerprint density at radius 2 is 1.80 bits per heavy atom. The van der Waals surface area contributed by atoms with E-state index in [9.17, 15) is 32.3 Å². The van der Waals surface area contributed by atoms with E-state index >= 15 is 0 Å². The molecule has 8 nitrogen and oxygen atoms in total. The summed E-state index contributed by atoms with van der Waals surface area (Å²) >= 11 is 1.32. The van der Waals surface area contributed by atoms with Gasteiger partial charge in [0.15, 0.2) is 0 Å². The fourth-order valence-electron chi connectivity index (χ4n) is 4.05. The van der Waals surface area contributed by atoms with Crippen molar-refractivity contribution in [1.29, 1.82) is 0 Å².